The van der Waals surface area contributed by atoms with Crippen LogP contribution in [-0.2, 0) is 34.7 Å². The molecule has 1 N–H and O–H groups in total. The van der Waals surface area contributed by atoms with Crippen molar-refractivity contribution in [3.05, 3.63) is 77.9 Å². The molecule has 0 saturated carbocycles. The standard InChI is InChI=1S/C29H32N4O7S/c1-4-13-32-23-8-6-5-7-22(23)29(28(32)37)24(25(34)20-9-11-21(12-10-20)41(38,39)30(2)3)26(35)27(36)33(29)15-14-31-16-18-40-19-17-31/h4-12,34H,1,13-19H2,2-3H3/b25-24+. The van der Waals surface area contributed by atoms with E-state index in [9.17, 15) is 27.9 Å². The molecule has 12 heteroatoms. The molecule has 1 unspecified atom stereocenters. The summed E-state index contributed by atoms with van der Waals surface area (Å²) < 4.78 is 31.6. The number of likely N-dealkylation sites (tertiary alicyclic amines) is 1. The minimum absolute atomic E-state index is 0.0147. The molecule has 0 aromatic heterocycles. The summed E-state index contributed by atoms with van der Waals surface area (Å²) in [5.41, 5.74) is -1.24. The third-order valence-electron chi connectivity index (χ3n) is 7.77. The van der Waals surface area contributed by atoms with Crippen molar-refractivity contribution in [2.45, 2.75) is 10.4 Å². The molecule has 2 aromatic carbocycles. The average Bonchev–Trinajstić information content (AvgIpc) is 3.35. The number of hydrogen-bond acceptors (Lipinski definition) is 8. The highest BCUT2D eigenvalue weighted by Gasteiger charge is 2.67. The lowest BCUT2D eigenvalue weighted by molar-refractivity contribution is -0.144. The number of aliphatic hydroxyl groups is 1. The number of benzene rings is 2. The van der Waals surface area contributed by atoms with Crippen molar-refractivity contribution < 1.29 is 32.6 Å². The summed E-state index contributed by atoms with van der Waals surface area (Å²) in [6, 6.07) is 12.2. The molecule has 1 spiro atoms. The second kappa shape index (κ2) is 10.9. The smallest absolute Gasteiger partial charge is 0.296 e. The molecule has 2 amide bonds. The van der Waals surface area contributed by atoms with E-state index in [4.69, 9.17) is 4.74 Å². The predicted molar refractivity (Wildman–Crippen MR) is 152 cm³/mol. The van der Waals surface area contributed by atoms with Gasteiger partial charge < -0.3 is 19.6 Å². The second-order valence-electron chi connectivity index (χ2n) is 10.2. The highest BCUT2D eigenvalue weighted by molar-refractivity contribution is 7.89. The van der Waals surface area contributed by atoms with Crippen molar-refractivity contribution in [2.24, 2.45) is 0 Å². The monoisotopic (exact) mass is 580 g/mol. The summed E-state index contributed by atoms with van der Waals surface area (Å²) in [4.78, 5) is 46.6. The highest BCUT2D eigenvalue weighted by atomic mass is 32.2. The number of para-hydroxylation sites is 1. The van der Waals surface area contributed by atoms with Gasteiger partial charge in [-0.1, -0.05) is 24.3 Å². The molecule has 2 saturated heterocycles. The van der Waals surface area contributed by atoms with E-state index in [-0.39, 0.29) is 29.1 Å². The Labute approximate surface area is 238 Å². The number of amides is 2. The Kier molecular flexibility index (Phi) is 7.60. The summed E-state index contributed by atoms with van der Waals surface area (Å²) in [6.07, 6.45) is 1.55. The SMILES string of the molecule is C=CCN1C(=O)C2(/C(=C(/O)c3ccc(S(=O)(=O)N(C)C)cc3)C(=O)C(=O)N2CCN2CCOCC2)c2ccccc21. The molecular formula is C29H32N4O7S. The summed E-state index contributed by atoms with van der Waals surface area (Å²) in [5, 5.41) is 11.6. The van der Waals surface area contributed by atoms with Gasteiger partial charge >= 0.3 is 0 Å². The maximum atomic E-state index is 14.4. The second-order valence-corrected chi connectivity index (χ2v) is 12.4. The van der Waals surface area contributed by atoms with Crippen LogP contribution in [0, 0.1) is 0 Å². The Morgan fingerprint density at radius 3 is 2.34 bits per heavy atom. The van der Waals surface area contributed by atoms with E-state index in [1.807, 2.05) is 0 Å². The number of anilines is 1. The van der Waals surface area contributed by atoms with E-state index in [1.54, 1.807) is 30.3 Å². The van der Waals surface area contributed by atoms with Crippen LogP contribution in [0.15, 0.2) is 71.7 Å². The molecule has 11 nitrogen and oxygen atoms in total. The lowest BCUT2D eigenvalue weighted by Gasteiger charge is -2.36. The summed E-state index contributed by atoms with van der Waals surface area (Å²) >= 11 is 0. The number of ether oxygens (including phenoxy) is 1. The summed E-state index contributed by atoms with van der Waals surface area (Å²) in [6.45, 7) is 6.71. The number of morpholine rings is 1. The molecule has 41 heavy (non-hydrogen) atoms. The molecule has 2 fully saturated rings. The van der Waals surface area contributed by atoms with Crippen molar-refractivity contribution in [3.63, 3.8) is 0 Å². The number of rotatable bonds is 8. The maximum absolute atomic E-state index is 14.4. The Hall–Kier alpha value is -3.84. The Morgan fingerprint density at radius 1 is 1.05 bits per heavy atom. The normalized spacial score (nSPS) is 22.7. The number of ketones is 1. The number of hydrogen-bond donors (Lipinski definition) is 1. The minimum atomic E-state index is -3.75. The van der Waals surface area contributed by atoms with Gasteiger partial charge in [0.05, 0.1) is 29.4 Å². The summed E-state index contributed by atoms with van der Waals surface area (Å²) in [5.74, 6) is -2.99. The molecule has 2 aromatic rings. The molecule has 0 radical (unpaired) electrons. The molecular weight excluding hydrogens is 548 g/mol. The average molecular weight is 581 g/mol. The van der Waals surface area contributed by atoms with Gasteiger partial charge in [-0.15, -0.1) is 6.58 Å². The number of aliphatic hydroxyl groups excluding tert-OH is 1. The van der Waals surface area contributed by atoms with Crippen LogP contribution >= 0.6 is 0 Å². The van der Waals surface area contributed by atoms with E-state index in [2.05, 4.69) is 11.5 Å². The van der Waals surface area contributed by atoms with E-state index >= 15 is 0 Å². The molecule has 0 aliphatic carbocycles. The van der Waals surface area contributed by atoms with Crippen LogP contribution in [0.4, 0.5) is 5.69 Å². The van der Waals surface area contributed by atoms with E-state index in [1.165, 1.54) is 48.2 Å². The number of fused-ring (bicyclic) bond motifs is 2. The van der Waals surface area contributed by atoms with Crippen LogP contribution in [0.25, 0.3) is 5.76 Å². The zero-order chi connectivity index (χ0) is 29.5. The zero-order valence-electron chi connectivity index (χ0n) is 22.9. The minimum Gasteiger partial charge on any atom is -0.507 e. The number of carbonyl (C=O) groups is 3. The topological polar surface area (TPSA) is 128 Å². The van der Waals surface area contributed by atoms with Gasteiger partial charge in [-0.2, -0.15) is 0 Å². The van der Waals surface area contributed by atoms with Crippen molar-refractivity contribution >= 4 is 39.1 Å². The fourth-order valence-corrected chi connectivity index (χ4v) is 6.58. The van der Waals surface area contributed by atoms with Gasteiger partial charge in [-0.3, -0.25) is 19.3 Å². The van der Waals surface area contributed by atoms with Gasteiger partial charge in [0, 0.05) is 57.9 Å². The first-order valence-electron chi connectivity index (χ1n) is 13.2. The Morgan fingerprint density at radius 2 is 1.71 bits per heavy atom. The molecule has 3 aliphatic rings. The lowest BCUT2D eigenvalue weighted by Crippen LogP contribution is -2.54. The quantitative estimate of drug-likeness (QED) is 0.215. The Balaban J connectivity index is 1.69. The highest BCUT2D eigenvalue weighted by Crippen LogP contribution is 2.53. The summed E-state index contributed by atoms with van der Waals surface area (Å²) in [7, 11) is -0.943. The fourth-order valence-electron chi connectivity index (χ4n) is 5.68. The van der Waals surface area contributed by atoms with Crippen molar-refractivity contribution in [1.29, 1.82) is 0 Å². The van der Waals surface area contributed by atoms with Crippen LogP contribution in [0.1, 0.15) is 11.1 Å². The van der Waals surface area contributed by atoms with Crippen molar-refractivity contribution in [1.82, 2.24) is 14.1 Å². The van der Waals surface area contributed by atoms with E-state index in [0.717, 1.165) is 4.31 Å². The lowest BCUT2D eigenvalue weighted by atomic mass is 9.82. The van der Waals surface area contributed by atoms with E-state index < -0.39 is 38.9 Å². The van der Waals surface area contributed by atoms with Gasteiger partial charge in [-0.05, 0) is 30.3 Å². The van der Waals surface area contributed by atoms with Crippen LogP contribution in [0.5, 0.6) is 0 Å². The first-order valence-corrected chi connectivity index (χ1v) is 14.7. The number of Topliss-reactive ketones (excluding diaryl/α,β-unsaturated/α-hetero) is 1. The van der Waals surface area contributed by atoms with Gasteiger partial charge in [0.1, 0.15) is 5.76 Å². The van der Waals surface area contributed by atoms with Crippen LogP contribution in [-0.4, -0.2) is 105 Å². The van der Waals surface area contributed by atoms with Crippen LogP contribution in [0.2, 0.25) is 0 Å². The zero-order valence-corrected chi connectivity index (χ0v) is 23.8. The van der Waals surface area contributed by atoms with Crippen LogP contribution in [0.3, 0.4) is 0 Å². The molecule has 5 rings (SSSR count). The third kappa shape index (κ3) is 4.47. The predicted octanol–water partition coefficient (Wildman–Crippen LogP) is 1.38. The van der Waals surface area contributed by atoms with Gasteiger partial charge in [0.2, 0.25) is 10.0 Å². The van der Waals surface area contributed by atoms with Crippen molar-refractivity contribution in [3.8, 4) is 0 Å². The number of nitrogens with zero attached hydrogens (tertiary/aromatic N) is 4. The van der Waals surface area contributed by atoms with Gasteiger partial charge in [0.25, 0.3) is 17.6 Å². The van der Waals surface area contributed by atoms with Crippen molar-refractivity contribution in [2.75, 3.05) is 64.9 Å². The maximum Gasteiger partial charge on any atom is 0.296 e. The number of sulfonamides is 1. The van der Waals surface area contributed by atoms with E-state index in [0.29, 0.717) is 44.1 Å². The molecule has 3 heterocycles. The molecule has 216 valence electrons. The first kappa shape index (κ1) is 28.7. The molecule has 3 aliphatic heterocycles. The number of carbonyl (C=O) groups excluding carboxylic acids is 3. The Bertz CT molecular complexity index is 1540. The largest absolute Gasteiger partial charge is 0.507 e. The van der Waals surface area contributed by atoms with Gasteiger partial charge in [-0.25, -0.2) is 12.7 Å². The molecule has 1 atom stereocenters. The van der Waals surface area contributed by atoms with Crippen LogP contribution < -0.4 is 4.90 Å². The van der Waals surface area contributed by atoms with Gasteiger partial charge in [0.15, 0.2) is 5.54 Å². The third-order valence-corrected chi connectivity index (χ3v) is 9.60. The molecule has 0 bridgehead atoms. The first-order chi connectivity index (χ1) is 19.6. The fraction of sp³-hybridized carbons (Fsp3) is 0.345.